The number of allylic oxidation sites excluding steroid dienone is 9. The van der Waals surface area contributed by atoms with Gasteiger partial charge in [0.2, 0.25) is 0 Å². The standard InChI is InChI=1S/C20H28O3/c1-2-3-4-5-6-7-8-9-10-11-12-13-15-18-19(23-18)16-14-17-20(21)22/h3-4,6-7,9-13,15,18-19H,2,5,8,14,16-17H2,1H3,(H,21,22)/b4-3+,7-6-,10-9-,12-11+,15-13+/t18-,19-/m1/s1. The van der Waals surface area contributed by atoms with Gasteiger partial charge >= 0.3 is 5.97 Å². The van der Waals surface area contributed by atoms with Gasteiger partial charge in [0, 0.05) is 6.42 Å². The highest BCUT2D eigenvalue weighted by molar-refractivity contribution is 5.66. The second-order valence-corrected chi connectivity index (χ2v) is 5.45. The molecule has 0 bridgehead atoms. The van der Waals surface area contributed by atoms with Crippen LogP contribution in [0.3, 0.4) is 0 Å². The van der Waals surface area contributed by atoms with Crippen molar-refractivity contribution in [2.75, 3.05) is 0 Å². The Morgan fingerprint density at radius 1 is 1.00 bits per heavy atom. The van der Waals surface area contributed by atoms with Crippen LogP contribution in [0.2, 0.25) is 0 Å². The smallest absolute Gasteiger partial charge is 0.303 e. The second-order valence-electron chi connectivity index (χ2n) is 5.45. The summed E-state index contributed by atoms with van der Waals surface area (Å²) in [6.45, 7) is 2.14. The molecule has 1 saturated heterocycles. The number of carboxylic acids is 1. The fourth-order valence-corrected chi connectivity index (χ4v) is 2.08. The fourth-order valence-electron chi connectivity index (χ4n) is 2.08. The van der Waals surface area contributed by atoms with Crippen LogP contribution in [-0.4, -0.2) is 23.3 Å². The van der Waals surface area contributed by atoms with E-state index < -0.39 is 5.97 Å². The maximum atomic E-state index is 10.4. The van der Waals surface area contributed by atoms with Gasteiger partial charge in [0.25, 0.3) is 0 Å². The average Bonchev–Trinajstić information content (AvgIpc) is 3.26. The van der Waals surface area contributed by atoms with Crippen LogP contribution < -0.4 is 0 Å². The Morgan fingerprint density at radius 3 is 2.43 bits per heavy atom. The van der Waals surface area contributed by atoms with E-state index in [0.29, 0.717) is 6.42 Å². The van der Waals surface area contributed by atoms with Crippen molar-refractivity contribution in [1.82, 2.24) is 0 Å². The summed E-state index contributed by atoms with van der Waals surface area (Å²) in [5.74, 6) is -0.736. The van der Waals surface area contributed by atoms with Gasteiger partial charge in [0.05, 0.1) is 6.10 Å². The van der Waals surface area contributed by atoms with Crippen LogP contribution in [0.4, 0.5) is 0 Å². The topological polar surface area (TPSA) is 49.8 Å². The van der Waals surface area contributed by atoms with Crippen molar-refractivity contribution in [2.45, 2.75) is 57.7 Å². The minimum absolute atomic E-state index is 0.163. The van der Waals surface area contributed by atoms with Gasteiger partial charge in [0.1, 0.15) is 6.10 Å². The Bertz CT molecular complexity index is 469. The zero-order valence-electron chi connectivity index (χ0n) is 13.9. The van der Waals surface area contributed by atoms with Gasteiger partial charge in [-0.3, -0.25) is 4.79 Å². The van der Waals surface area contributed by atoms with E-state index in [2.05, 4.69) is 37.3 Å². The van der Waals surface area contributed by atoms with E-state index in [0.717, 1.165) is 25.7 Å². The van der Waals surface area contributed by atoms with Gasteiger partial charge in [-0.15, -0.1) is 0 Å². The van der Waals surface area contributed by atoms with E-state index in [-0.39, 0.29) is 18.6 Å². The highest BCUT2D eigenvalue weighted by Gasteiger charge is 2.35. The van der Waals surface area contributed by atoms with Crippen molar-refractivity contribution in [3.8, 4) is 0 Å². The molecule has 0 aliphatic carbocycles. The number of rotatable bonds is 12. The van der Waals surface area contributed by atoms with Crippen LogP contribution >= 0.6 is 0 Å². The van der Waals surface area contributed by atoms with Crippen LogP contribution in [-0.2, 0) is 9.53 Å². The molecule has 126 valence electrons. The summed E-state index contributed by atoms with van der Waals surface area (Å²) >= 11 is 0. The van der Waals surface area contributed by atoms with E-state index >= 15 is 0 Å². The molecule has 1 fully saturated rings. The van der Waals surface area contributed by atoms with E-state index in [9.17, 15) is 4.79 Å². The van der Waals surface area contributed by atoms with Gasteiger partial charge in [-0.05, 0) is 32.1 Å². The third-order valence-electron chi connectivity index (χ3n) is 3.38. The Labute approximate surface area is 139 Å². The van der Waals surface area contributed by atoms with Crippen LogP contribution in [0.25, 0.3) is 0 Å². The highest BCUT2D eigenvalue weighted by atomic mass is 16.6. The number of carbonyl (C=O) groups is 1. The molecule has 0 aromatic rings. The van der Waals surface area contributed by atoms with Crippen molar-refractivity contribution in [1.29, 1.82) is 0 Å². The van der Waals surface area contributed by atoms with Crippen molar-refractivity contribution in [3.63, 3.8) is 0 Å². The summed E-state index contributed by atoms with van der Waals surface area (Å²) in [7, 11) is 0. The van der Waals surface area contributed by atoms with Crippen LogP contribution in [0, 0.1) is 0 Å². The molecule has 0 unspecified atom stereocenters. The first-order chi connectivity index (χ1) is 11.2. The van der Waals surface area contributed by atoms with Crippen molar-refractivity contribution in [3.05, 3.63) is 60.8 Å². The lowest BCUT2D eigenvalue weighted by Gasteiger charge is -1.91. The van der Waals surface area contributed by atoms with E-state index in [1.807, 2.05) is 30.4 Å². The number of aliphatic carboxylic acids is 1. The molecule has 2 atom stereocenters. The largest absolute Gasteiger partial charge is 0.481 e. The third kappa shape index (κ3) is 11.4. The van der Waals surface area contributed by atoms with E-state index in [1.165, 1.54) is 0 Å². The van der Waals surface area contributed by atoms with Crippen LogP contribution in [0.15, 0.2) is 60.8 Å². The first kappa shape index (κ1) is 19.2. The summed E-state index contributed by atoms with van der Waals surface area (Å²) < 4.78 is 5.45. The lowest BCUT2D eigenvalue weighted by atomic mass is 10.1. The number of ether oxygens (including phenoxy) is 1. The zero-order valence-corrected chi connectivity index (χ0v) is 13.9. The molecule has 3 nitrogen and oxygen atoms in total. The minimum atomic E-state index is -0.736. The quantitative estimate of drug-likeness (QED) is 0.314. The predicted octanol–water partition coefficient (Wildman–Crippen LogP) is 4.98. The monoisotopic (exact) mass is 316 g/mol. The normalized spacial score (nSPS) is 21.6. The Hall–Kier alpha value is -1.87. The molecule has 1 heterocycles. The molecule has 1 aliphatic heterocycles. The minimum Gasteiger partial charge on any atom is -0.481 e. The number of hydrogen-bond acceptors (Lipinski definition) is 2. The lowest BCUT2D eigenvalue weighted by molar-refractivity contribution is -0.137. The third-order valence-corrected chi connectivity index (χ3v) is 3.38. The van der Waals surface area contributed by atoms with Gasteiger partial charge in [-0.2, -0.15) is 0 Å². The molecular weight excluding hydrogens is 288 g/mol. The summed E-state index contributed by atoms with van der Waals surface area (Å²) in [6.07, 6.45) is 26.0. The molecule has 0 radical (unpaired) electrons. The maximum absolute atomic E-state index is 10.4. The van der Waals surface area contributed by atoms with Crippen LogP contribution in [0.5, 0.6) is 0 Å². The van der Waals surface area contributed by atoms with E-state index in [1.54, 1.807) is 0 Å². The summed E-state index contributed by atoms with van der Waals surface area (Å²) in [4.78, 5) is 10.4. The van der Waals surface area contributed by atoms with Crippen molar-refractivity contribution in [2.24, 2.45) is 0 Å². The Morgan fingerprint density at radius 2 is 1.70 bits per heavy atom. The van der Waals surface area contributed by atoms with Gasteiger partial charge in [-0.25, -0.2) is 0 Å². The number of hydrogen-bond donors (Lipinski definition) is 1. The highest BCUT2D eigenvalue weighted by Crippen LogP contribution is 2.28. The molecule has 0 amide bonds. The molecule has 3 heteroatoms. The number of carboxylic acid groups (broad SMARTS) is 1. The van der Waals surface area contributed by atoms with E-state index in [4.69, 9.17) is 9.84 Å². The van der Waals surface area contributed by atoms with Gasteiger partial charge in [-0.1, -0.05) is 67.7 Å². The maximum Gasteiger partial charge on any atom is 0.303 e. The molecule has 0 saturated carbocycles. The molecule has 1 N–H and O–H groups in total. The van der Waals surface area contributed by atoms with Crippen molar-refractivity contribution >= 4 is 5.97 Å². The summed E-state index contributed by atoms with van der Waals surface area (Å²) in [5, 5.41) is 8.56. The first-order valence-electron chi connectivity index (χ1n) is 8.41. The Kier molecular flexibility index (Phi) is 10.5. The molecule has 1 aliphatic rings. The Balaban J connectivity index is 2.02. The number of epoxide rings is 1. The predicted molar refractivity (Wildman–Crippen MR) is 95.4 cm³/mol. The van der Waals surface area contributed by atoms with Gasteiger partial charge < -0.3 is 9.84 Å². The molecule has 0 aromatic carbocycles. The summed E-state index contributed by atoms with van der Waals surface area (Å²) in [5.41, 5.74) is 0. The SMILES string of the molecule is CC/C=C/C/C=C\C\C=C/C=C/C=C/[C@H]1O[C@@H]1CCCC(=O)O. The summed E-state index contributed by atoms with van der Waals surface area (Å²) in [6, 6.07) is 0. The average molecular weight is 316 g/mol. The zero-order chi connectivity index (χ0) is 16.8. The molecule has 1 rings (SSSR count). The molecule has 0 spiro atoms. The molecule has 0 aromatic heterocycles. The van der Waals surface area contributed by atoms with Crippen molar-refractivity contribution < 1.29 is 14.6 Å². The van der Waals surface area contributed by atoms with Gasteiger partial charge in [0.15, 0.2) is 0 Å². The lowest BCUT2D eigenvalue weighted by Crippen LogP contribution is -1.97. The first-order valence-corrected chi connectivity index (χ1v) is 8.41. The molecular formula is C20H28O3. The van der Waals surface area contributed by atoms with Crippen LogP contribution in [0.1, 0.15) is 45.4 Å². The fraction of sp³-hybridized carbons (Fsp3) is 0.450. The molecule has 23 heavy (non-hydrogen) atoms. The second kappa shape index (κ2) is 12.7.